The van der Waals surface area contributed by atoms with Crippen LogP contribution in [-0.4, -0.2) is 25.9 Å². The summed E-state index contributed by atoms with van der Waals surface area (Å²) >= 11 is 0. The van der Waals surface area contributed by atoms with E-state index in [0.29, 0.717) is 29.2 Å². The van der Waals surface area contributed by atoms with Crippen LogP contribution in [0.5, 0.6) is 11.5 Å². The van der Waals surface area contributed by atoms with Crippen LogP contribution in [0.1, 0.15) is 31.9 Å². The van der Waals surface area contributed by atoms with E-state index in [1.807, 2.05) is 13.8 Å². The molecule has 0 spiro atoms. The van der Waals surface area contributed by atoms with E-state index in [9.17, 15) is 13.5 Å². The molecule has 2 aliphatic rings. The van der Waals surface area contributed by atoms with E-state index in [2.05, 4.69) is 17.2 Å². The second-order valence-corrected chi connectivity index (χ2v) is 10.6. The van der Waals surface area contributed by atoms with Crippen molar-refractivity contribution in [3.8, 4) is 11.5 Å². The van der Waals surface area contributed by atoms with Crippen LogP contribution in [0.25, 0.3) is 0 Å². The summed E-state index contributed by atoms with van der Waals surface area (Å²) in [6, 6.07) is 8.28. The summed E-state index contributed by atoms with van der Waals surface area (Å²) in [6.45, 7) is 7.56. The van der Waals surface area contributed by atoms with Gasteiger partial charge in [0.15, 0.2) is 9.84 Å². The molecule has 2 heterocycles. The van der Waals surface area contributed by atoms with Crippen LogP contribution in [0, 0.1) is 11.2 Å². The highest BCUT2D eigenvalue weighted by atomic mass is 32.2. The Balaban J connectivity index is 1.90. The third kappa shape index (κ3) is 3.99. The molecule has 8 heteroatoms. The van der Waals surface area contributed by atoms with Crippen molar-refractivity contribution in [2.75, 3.05) is 23.0 Å². The van der Waals surface area contributed by atoms with Gasteiger partial charge in [0, 0.05) is 17.3 Å². The number of hydrogen-bond acceptors (Lipinski definition) is 6. The van der Waals surface area contributed by atoms with Crippen LogP contribution in [0.3, 0.4) is 0 Å². The van der Waals surface area contributed by atoms with Crippen molar-refractivity contribution in [2.45, 2.75) is 26.3 Å². The molecule has 0 radical (unpaired) electrons. The maximum atomic E-state index is 15.2. The molecule has 0 saturated heterocycles. The highest BCUT2D eigenvalue weighted by Crippen LogP contribution is 2.48. The van der Waals surface area contributed by atoms with Gasteiger partial charge in [0.1, 0.15) is 29.6 Å². The lowest BCUT2D eigenvalue weighted by molar-refractivity contribution is 0.360. The van der Waals surface area contributed by atoms with Crippen LogP contribution >= 0.6 is 0 Å². The molecule has 1 unspecified atom stereocenters. The highest BCUT2D eigenvalue weighted by molar-refractivity contribution is 7.95. The molecule has 0 saturated carbocycles. The summed E-state index contributed by atoms with van der Waals surface area (Å²) in [7, 11) is -3.72. The number of sulfone groups is 1. The molecular weight excluding hydrogens is 419 g/mol. The number of nitrogens with one attached hydrogen (secondary N) is 2. The first-order valence-corrected chi connectivity index (χ1v) is 11.6. The number of rotatable bonds is 4. The second kappa shape index (κ2) is 7.60. The molecular formula is C23H25FN2O4S. The van der Waals surface area contributed by atoms with Gasteiger partial charge in [-0.25, -0.2) is 12.8 Å². The molecule has 4 rings (SSSR count). The van der Waals surface area contributed by atoms with Crippen molar-refractivity contribution in [2.24, 2.45) is 5.41 Å². The van der Waals surface area contributed by atoms with Gasteiger partial charge < -0.3 is 20.5 Å². The molecule has 0 amide bonds. The Labute approximate surface area is 181 Å². The van der Waals surface area contributed by atoms with E-state index in [0.717, 1.165) is 0 Å². The zero-order chi connectivity index (χ0) is 22.4. The van der Waals surface area contributed by atoms with Crippen LogP contribution in [0.15, 0.2) is 59.7 Å². The standard InChI is InChI=1S/C23H25FN2O4S/c1-4-10-30-14-8-9-15(16(24)11-14)20-22-18(12-23(2,3)13-31(22,28)29)26-21-17(25-20)6-5-7-19(21)27/h4-9,11,20,25-27H,1,10,12-13H2,2-3H3. The summed E-state index contributed by atoms with van der Waals surface area (Å²) in [5.41, 5.74) is 0.987. The fourth-order valence-electron chi connectivity index (χ4n) is 4.23. The van der Waals surface area contributed by atoms with E-state index in [1.54, 1.807) is 24.3 Å². The largest absolute Gasteiger partial charge is 0.506 e. The smallest absolute Gasteiger partial charge is 0.179 e. The molecule has 0 aromatic heterocycles. The van der Waals surface area contributed by atoms with Gasteiger partial charge in [-0.1, -0.05) is 32.6 Å². The summed E-state index contributed by atoms with van der Waals surface area (Å²) < 4.78 is 47.3. The zero-order valence-corrected chi connectivity index (χ0v) is 18.2. The van der Waals surface area contributed by atoms with Gasteiger partial charge in [0.2, 0.25) is 0 Å². The number of anilines is 2. The Hall–Kier alpha value is -3.00. The van der Waals surface area contributed by atoms with Crippen molar-refractivity contribution >= 4 is 21.2 Å². The van der Waals surface area contributed by atoms with Gasteiger partial charge in [-0.2, -0.15) is 0 Å². The van der Waals surface area contributed by atoms with Gasteiger partial charge in [0.05, 0.1) is 22.4 Å². The normalized spacial score (nSPS) is 21.1. The van der Waals surface area contributed by atoms with Crippen LogP contribution in [-0.2, 0) is 9.84 Å². The molecule has 0 fully saturated rings. The number of phenols is 1. The lowest BCUT2D eigenvalue weighted by Crippen LogP contribution is -2.35. The number of phenolic OH excluding ortho intramolecular Hbond substituents is 1. The number of aromatic hydroxyl groups is 1. The number of benzene rings is 2. The Kier molecular flexibility index (Phi) is 5.21. The highest BCUT2D eigenvalue weighted by Gasteiger charge is 2.43. The number of halogens is 1. The van der Waals surface area contributed by atoms with E-state index in [-0.39, 0.29) is 28.6 Å². The Morgan fingerprint density at radius 1 is 1.32 bits per heavy atom. The Morgan fingerprint density at radius 2 is 2.10 bits per heavy atom. The molecule has 0 aliphatic carbocycles. The molecule has 2 aliphatic heterocycles. The van der Waals surface area contributed by atoms with E-state index in [1.165, 1.54) is 18.2 Å². The molecule has 2 aromatic carbocycles. The Morgan fingerprint density at radius 3 is 2.81 bits per heavy atom. The topological polar surface area (TPSA) is 87.7 Å². The van der Waals surface area contributed by atoms with Crippen molar-refractivity contribution < 1.29 is 22.7 Å². The Bertz CT molecular complexity index is 1190. The molecule has 0 bridgehead atoms. The molecule has 1 atom stereocenters. The summed E-state index contributed by atoms with van der Waals surface area (Å²) in [6.07, 6.45) is 2.00. The lowest BCUT2D eigenvalue weighted by Gasteiger charge is -2.34. The van der Waals surface area contributed by atoms with Gasteiger partial charge >= 0.3 is 0 Å². The minimum absolute atomic E-state index is 0.0214. The van der Waals surface area contributed by atoms with Crippen LogP contribution < -0.4 is 15.4 Å². The first-order valence-electron chi connectivity index (χ1n) is 9.96. The van der Waals surface area contributed by atoms with Gasteiger partial charge in [-0.3, -0.25) is 0 Å². The third-order valence-electron chi connectivity index (χ3n) is 5.40. The minimum atomic E-state index is -3.72. The number of allylic oxidation sites excluding steroid dienone is 1. The zero-order valence-electron chi connectivity index (χ0n) is 17.4. The van der Waals surface area contributed by atoms with Gasteiger partial charge in [-0.05, 0) is 36.1 Å². The summed E-state index contributed by atoms with van der Waals surface area (Å²) in [5.74, 6) is -0.336. The maximum absolute atomic E-state index is 15.2. The van der Waals surface area contributed by atoms with Crippen molar-refractivity contribution in [1.82, 2.24) is 0 Å². The van der Waals surface area contributed by atoms with E-state index in [4.69, 9.17) is 4.74 Å². The van der Waals surface area contributed by atoms with Gasteiger partial charge in [-0.15, -0.1) is 0 Å². The van der Waals surface area contributed by atoms with Crippen LogP contribution in [0.2, 0.25) is 0 Å². The fourth-order valence-corrected chi connectivity index (χ4v) is 6.56. The summed E-state index contributed by atoms with van der Waals surface area (Å²) in [4.78, 5) is 0.0982. The molecule has 6 nitrogen and oxygen atoms in total. The molecule has 2 aromatic rings. The average Bonchev–Trinajstić information content (AvgIpc) is 2.82. The number of para-hydroxylation sites is 1. The molecule has 164 valence electrons. The molecule has 3 N–H and O–H groups in total. The average molecular weight is 445 g/mol. The number of ether oxygens (including phenoxy) is 1. The predicted molar refractivity (Wildman–Crippen MR) is 119 cm³/mol. The summed E-state index contributed by atoms with van der Waals surface area (Å²) in [5, 5.41) is 16.7. The predicted octanol–water partition coefficient (Wildman–Crippen LogP) is 4.73. The van der Waals surface area contributed by atoms with E-state index >= 15 is 4.39 Å². The monoisotopic (exact) mass is 444 g/mol. The number of fused-ring (bicyclic) bond motifs is 1. The van der Waals surface area contributed by atoms with Crippen LogP contribution in [0.4, 0.5) is 15.8 Å². The lowest BCUT2D eigenvalue weighted by atomic mass is 9.88. The van der Waals surface area contributed by atoms with E-state index < -0.39 is 27.1 Å². The number of hydrogen-bond donors (Lipinski definition) is 3. The van der Waals surface area contributed by atoms with Gasteiger partial charge in [0.25, 0.3) is 0 Å². The minimum Gasteiger partial charge on any atom is -0.506 e. The second-order valence-electron chi connectivity index (χ2n) is 8.63. The van der Waals surface area contributed by atoms with Crippen molar-refractivity contribution in [1.29, 1.82) is 0 Å². The SMILES string of the molecule is C=CCOc1ccc(C2Nc3cccc(O)c3NC3=C2S(=O)(=O)CC(C)(C)C3)c(F)c1. The third-order valence-corrected chi connectivity index (χ3v) is 7.71. The van der Waals surface area contributed by atoms with Crippen molar-refractivity contribution in [3.63, 3.8) is 0 Å². The fraction of sp³-hybridized carbons (Fsp3) is 0.304. The quantitative estimate of drug-likeness (QED) is 0.467. The molecule has 31 heavy (non-hydrogen) atoms. The first kappa shape index (κ1) is 21.2. The van der Waals surface area contributed by atoms with Crippen molar-refractivity contribution in [3.05, 3.63) is 71.0 Å². The first-order chi connectivity index (χ1) is 14.6. The maximum Gasteiger partial charge on any atom is 0.179 e.